The van der Waals surface area contributed by atoms with Gasteiger partial charge in [-0.1, -0.05) is 164 Å². The highest BCUT2D eigenvalue weighted by Crippen LogP contribution is 2.63. The van der Waals surface area contributed by atoms with Crippen LogP contribution in [-0.2, 0) is 5.41 Å². The molecule has 0 heteroatoms. The van der Waals surface area contributed by atoms with E-state index < -0.39 is 0 Å². The zero-order valence-corrected chi connectivity index (χ0v) is 30.0. The van der Waals surface area contributed by atoms with Gasteiger partial charge in [-0.2, -0.15) is 0 Å². The summed E-state index contributed by atoms with van der Waals surface area (Å²) in [5.41, 5.74) is 15.5. The van der Waals surface area contributed by atoms with Crippen molar-refractivity contribution in [1.82, 2.24) is 0 Å². The first kappa shape index (κ1) is 29.4. The fourth-order valence-corrected chi connectivity index (χ4v) is 10.6. The minimum absolute atomic E-state index is 0.381. The topological polar surface area (TPSA) is 0 Å². The maximum Gasteiger partial charge on any atom is 0.0725 e. The standard InChI is InChI=1S/C55H32/c1-2-9-39-31-51-47(29-38(39)8-1)48-30-41-23-22-40(28-42(41)32-52(48)55(51)49-14-5-3-12-44(49)45-13-4-6-15-50(45)55)33-16-18-34(19-17-33)43-26-24-37-21-20-35-10-7-11-36-25-27-46(43)54(37)53(35)36/h1-32H. The van der Waals surface area contributed by atoms with E-state index in [2.05, 4.69) is 194 Å². The normalized spacial score (nSPS) is 13.6. The molecule has 0 atom stereocenters. The van der Waals surface area contributed by atoms with Crippen LogP contribution in [0.25, 0.3) is 98.4 Å². The largest absolute Gasteiger partial charge is 0.0725 e. The summed E-state index contributed by atoms with van der Waals surface area (Å²) in [5.74, 6) is 0. The summed E-state index contributed by atoms with van der Waals surface area (Å²) in [6.07, 6.45) is 0. The lowest BCUT2D eigenvalue weighted by Gasteiger charge is -2.30. The van der Waals surface area contributed by atoms with E-state index in [1.54, 1.807) is 0 Å². The summed E-state index contributed by atoms with van der Waals surface area (Å²) >= 11 is 0. The van der Waals surface area contributed by atoms with Crippen LogP contribution in [0.3, 0.4) is 0 Å². The second-order valence-corrected chi connectivity index (χ2v) is 15.6. The molecule has 0 unspecified atom stereocenters. The zero-order chi connectivity index (χ0) is 35.8. The summed E-state index contributed by atoms with van der Waals surface area (Å²) in [5, 5.41) is 13.0. The molecular formula is C55H32. The third kappa shape index (κ3) is 3.81. The molecule has 0 aliphatic heterocycles. The highest BCUT2D eigenvalue weighted by molar-refractivity contribution is 6.25. The van der Waals surface area contributed by atoms with Crippen molar-refractivity contribution < 1.29 is 0 Å². The van der Waals surface area contributed by atoms with Crippen molar-refractivity contribution in [2.75, 3.05) is 0 Å². The summed E-state index contributed by atoms with van der Waals surface area (Å²) in [7, 11) is 0. The Morgan fingerprint density at radius 2 is 0.727 bits per heavy atom. The van der Waals surface area contributed by atoms with Crippen LogP contribution in [0.1, 0.15) is 22.3 Å². The van der Waals surface area contributed by atoms with Crippen molar-refractivity contribution in [2.24, 2.45) is 0 Å². The summed E-state index contributed by atoms with van der Waals surface area (Å²) in [6.45, 7) is 0. The Hall–Kier alpha value is -7.02. The lowest BCUT2D eigenvalue weighted by Crippen LogP contribution is -2.25. The number of benzene rings is 11. The van der Waals surface area contributed by atoms with Gasteiger partial charge < -0.3 is 0 Å². The van der Waals surface area contributed by atoms with Crippen LogP contribution in [0, 0.1) is 0 Å². The van der Waals surface area contributed by atoms with Crippen molar-refractivity contribution >= 4 is 53.9 Å². The molecular weight excluding hydrogens is 661 g/mol. The van der Waals surface area contributed by atoms with Crippen LogP contribution in [0.5, 0.6) is 0 Å². The van der Waals surface area contributed by atoms with Crippen LogP contribution in [0.4, 0.5) is 0 Å². The highest BCUT2D eigenvalue weighted by atomic mass is 14.5. The Kier molecular flexibility index (Phi) is 5.65. The van der Waals surface area contributed by atoms with Gasteiger partial charge in [0, 0.05) is 0 Å². The minimum Gasteiger partial charge on any atom is -0.0619 e. The average Bonchev–Trinajstić information content (AvgIpc) is 3.70. The monoisotopic (exact) mass is 692 g/mol. The van der Waals surface area contributed by atoms with Gasteiger partial charge in [0.2, 0.25) is 0 Å². The second-order valence-electron chi connectivity index (χ2n) is 15.6. The molecule has 55 heavy (non-hydrogen) atoms. The summed E-state index contributed by atoms with van der Waals surface area (Å²) in [6, 6.07) is 73.4. The van der Waals surface area contributed by atoms with Crippen LogP contribution in [0.2, 0.25) is 0 Å². The molecule has 1 spiro atoms. The van der Waals surface area contributed by atoms with Gasteiger partial charge in [0.25, 0.3) is 0 Å². The van der Waals surface area contributed by atoms with Gasteiger partial charge >= 0.3 is 0 Å². The molecule has 0 heterocycles. The van der Waals surface area contributed by atoms with Crippen molar-refractivity contribution in [2.45, 2.75) is 5.41 Å². The first-order valence-corrected chi connectivity index (χ1v) is 19.3. The third-order valence-corrected chi connectivity index (χ3v) is 13.0. The Morgan fingerprint density at radius 3 is 1.44 bits per heavy atom. The van der Waals surface area contributed by atoms with Crippen molar-refractivity contribution in [1.29, 1.82) is 0 Å². The van der Waals surface area contributed by atoms with Gasteiger partial charge in [0.1, 0.15) is 0 Å². The minimum atomic E-state index is -0.381. The number of fused-ring (bicyclic) bond motifs is 12. The van der Waals surface area contributed by atoms with Crippen molar-refractivity contribution in [3.05, 3.63) is 216 Å². The molecule has 0 N–H and O–H groups in total. The Balaban J connectivity index is 0.981. The first-order chi connectivity index (χ1) is 27.2. The van der Waals surface area contributed by atoms with Crippen LogP contribution in [0.15, 0.2) is 194 Å². The molecule has 0 aromatic heterocycles. The molecule has 0 amide bonds. The third-order valence-electron chi connectivity index (χ3n) is 13.0. The molecule has 0 nitrogen and oxygen atoms in total. The molecule has 252 valence electrons. The van der Waals surface area contributed by atoms with E-state index in [-0.39, 0.29) is 5.41 Å². The fourth-order valence-electron chi connectivity index (χ4n) is 10.6. The van der Waals surface area contributed by atoms with E-state index in [1.807, 2.05) is 0 Å². The molecule has 0 radical (unpaired) electrons. The lowest BCUT2D eigenvalue weighted by molar-refractivity contribution is 0.796. The van der Waals surface area contributed by atoms with E-state index in [9.17, 15) is 0 Å². The van der Waals surface area contributed by atoms with Gasteiger partial charge in [-0.3, -0.25) is 0 Å². The maximum absolute atomic E-state index is 2.51. The molecule has 11 aromatic carbocycles. The molecule has 2 aliphatic rings. The Bertz CT molecular complexity index is 3360. The van der Waals surface area contributed by atoms with E-state index in [0.29, 0.717) is 0 Å². The van der Waals surface area contributed by atoms with E-state index in [1.165, 1.54) is 121 Å². The van der Waals surface area contributed by atoms with Gasteiger partial charge in [-0.25, -0.2) is 0 Å². The molecule has 2 aliphatic carbocycles. The van der Waals surface area contributed by atoms with Gasteiger partial charge in [0.15, 0.2) is 0 Å². The lowest BCUT2D eigenvalue weighted by atomic mass is 9.70. The summed E-state index contributed by atoms with van der Waals surface area (Å²) < 4.78 is 0. The van der Waals surface area contributed by atoms with Crippen LogP contribution < -0.4 is 0 Å². The van der Waals surface area contributed by atoms with Crippen LogP contribution in [-0.4, -0.2) is 0 Å². The van der Waals surface area contributed by atoms with Crippen molar-refractivity contribution in [3.8, 4) is 44.5 Å². The highest BCUT2D eigenvalue weighted by Gasteiger charge is 2.51. The van der Waals surface area contributed by atoms with Gasteiger partial charge in [-0.15, -0.1) is 0 Å². The molecule has 13 rings (SSSR count). The van der Waals surface area contributed by atoms with Crippen molar-refractivity contribution in [3.63, 3.8) is 0 Å². The SMILES string of the molecule is c1ccc2c(c1)-c1ccccc1C21c2cc3ccccc3cc2-c2cc3ccc(-c4ccc(-c5ccc6ccc7cccc8ccc5c6c78)cc4)cc3cc21. The number of hydrogen-bond acceptors (Lipinski definition) is 0. The zero-order valence-electron chi connectivity index (χ0n) is 30.0. The smallest absolute Gasteiger partial charge is 0.0619 e. The van der Waals surface area contributed by atoms with E-state index in [0.717, 1.165) is 0 Å². The fraction of sp³-hybridized carbons (Fsp3) is 0.0182. The molecule has 0 bridgehead atoms. The Morgan fingerprint density at radius 1 is 0.236 bits per heavy atom. The van der Waals surface area contributed by atoms with Crippen LogP contribution >= 0.6 is 0 Å². The molecule has 0 fully saturated rings. The predicted octanol–water partition coefficient (Wildman–Crippen LogP) is 14.6. The quantitative estimate of drug-likeness (QED) is 0.158. The molecule has 0 saturated heterocycles. The van der Waals surface area contributed by atoms with Gasteiger partial charge in [-0.05, 0) is 151 Å². The number of rotatable bonds is 2. The number of hydrogen-bond donors (Lipinski definition) is 0. The maximum atomic E-state index is 2.51. The average molecular weight is 693 g/mol. The van der Waals surface area contributed by atoms with E-state index >= 15 is 0 Å². The van der Waals surface area contributed by atoms with E-state index in [4.69, 9.17) is 0 Å². The molecule has 11 aromatic rings. The first-order valence-electron chi connectivity index (χ1n) is 19.3. The Labute approximate surface area is 318 Å². The molecule has 0 saturated carbocycles. The predicted molar refractivity (Wildman–Crippen MR) is 232 cm³/mol. The summed E-state index contributed by atoms with van der Waals surface area (Å²) in [4.78, 5) is 0. The van der Waals surface area contributed by atoms with Gasteiger partial charge in [0.05, 0.1) is 5.41 Å². The second kappa shape index (κ2) is 10.6.